The predicted molar refractivity (Wildman–Crippen MR) is 143 cm³/mol. The van der Waals surface area contributed by atoms with Gasteiger partial charge < -0.3 is 14.5 Å². The highest BCUT2D eigenvalue weighted by Gasteiger charge is 2.57. The molecule has 3 unspecified atom stereocenters. The van der Waals surface area contributed by atoms with E-state index in [4.69, 9.17) is 9.15 Å². The van der Waals surface area contributed by atoms with Gasteiger partial charge in [0, 0.05) is 5.69 Å². The van der Waals surface area contributed by atoms with Gasteiger partial charge in [-0.15, -0.1) is 0 Å². The molecule has 0 radical (unpaired) electrons. The number of thiazole rings is 1. The number of hydrogen-bond donors (Lipinski definition) is 1. The molecule has 2 aliphatic rings. The van der Waals surface area contributed by atoms with Crippen molar-refractivity contribution in [3.63, 3.8) is 0 Å². The van der Waals surface area contributed by atoms with E-state index in [0.717, 1.165) is 28.0 Å². The molecule has 39 heavy (non-hydrogen) atoms. The number of ether oxygens (including phenoxy) is 1. The van der Waals surface area contributed by atoms with Crippen LogP contribution in [0.4, 0.5) is 15.8 Å². The number of halogens is 1. The van der Waals surface area contributed by atoms with Crippen LogP contribution in [0.25, 0.3) is 0 Å². The van der Waals surface area contributed by atoms with E-state index in [2.05, 4.69) is 5.32 Å². The molecule has 1 saturated heterocycles. The number of rotatable bonds is 6. The second-order valence-corrected chi connectivity index (χ2v) is 11.1. The Kier molecular flexibility index (Phi) is 6.35. The smallest absolute Gasteiger partial charge is 0.308 e. The van der Waals surface area contributed by atoms with Crippen LogP contribution in [0.5, 0.6) is 5.75 Å². The number of fused-ring (bicyclic) bond motifs is 2. The summed E-state index contributed by atoms with van der Waals surface area (Å²) < 4.78 is 25.7. The first kappa shape index (κ1) is 25.1. The molecule has 4 aromatic rings. The number of imide groups is 1. The third kappa shape index (κ3) is 4.35. The van der Waals surface area contributed by atoms with Crippen molar-refractivity contribution in [3.8, 4) is 5.75 Å². The predicted octanol–water partition coefficient (Wildman–Crippen LogP) is 4.09. The lowest BCUT2D eigenvalue weighted by molar-refractivity contribution is -0.122. The van der Waals surface area contributed by atoms with E-state index in [0.29, 0.717) is 27.1 Å². The Hall–Kier alpha value is -4.16. The SMILES string of the molecule is COc1ccc(NC(=O)Cn2c3c(sc2=O)C(c2ccco2)C2C(=O)N(c4ccc(F)cc4)C(=O)C2S3)cc1. The average molecular weight is 566 g/mol. The zero-order valence-corrected chi connectivity index (χ0v) is 22.0. The van der Waals surface area contributed by atoms with E-state index in [-0.39, 0.29) is 17.1 Å². The summed E-state index contributed by atoms with van der Waals surface area (Å²) in [5, 5.41) is 2.34. The Morgan fingerprint density at radius 2 is 1.79 bits per heavy atom. The molecule has 12 heteroatoms. The summed E-state index contributed by atoms with van der Waals surface area (Å²) in [6.07, 6.45) is 1.47. The van der Waals surface area contributed by atoms with Gasteiger partial charge in [0.05, 0.1) is 40.8 Å². The summed E-state index contributed by atoms with van der Waals surface area (Å²) in [4.78, 5) is 54.5. The number of nitrogens with one attached hydrogen (secondary N) is 1. The third-order valence-corrected chi connectivity index (χ3v) is 9.26. The average Bonchev–Trinajstić information content (AvgIpc) is 3.63. The Morgan fingerprint density at radius 1 is 1.05 bits per heavy atom. The normalized spacial score (nSPS) is 20.1. The highest BCUT2D eigenvalue weighted by molar-refractivity contribution is 8.00. The molecule has 0 saturated carbocycles. The van der Waals surface area contributed by atoms with Gasteiger partial charge in [-0.05, 0) is 60.7 Å². The van der Waals surface area contributed by atoms with Crippen molar-refractivity contribution in [1.29, 1.82) is 0 Å². The molecule has 198 valence electrons. The zero-order valence-electron chi connectivity index (χ0n) is 20.3. The van der Waals surface area contributed by atoms with Crippen LogP contribution >= 0.6 is 23.1 Å². The van der Waals surface area contributed by atoms with E-state index in [1.54, 1.807) is 43.5 Å². The number of benzene rings is 2. The van der Waals surface area contributed by atoms with Crippen molar-refractivity contribution in [2.45, 2.75) is 22.7 Å². The quantitative estimate of drug-likeness (QED) is 0.351. The second kappa shape index (κ2) is 9.86. The third-order valence-electron chi connectivity index (χ3n) is 6.66. The number of methoxy groups -OCH3 is 1. The summed E-state index contributed by atoms with van der Waals surface area (Å²) in [5.41, 5.74) is 0.796. The maximum atomic E-state index is 13.7. The van der Waals surface area contributed by atoms with Crippen LogP contribution in [0.2, 0.25) is 0 Å². The molecule has 9 nitrogen and oxygen atoms in total. The highest BCUT2D eigenvalue weighted by atomic mass is 32.2. The highest BCUT2D eigenvalue weighted by Crippen LogP contribution is 2.53. The van der Waals surface area contributed by atoms with Gasteiger partial charge in [-0.2, -0.15) is 0 Å². The van der Waals surface area contributed by atoms with Crippen molar-refractivity contribution < 1.29 is 27.9 Å². The molecule has 4 heterocycles. The van der Waals surface area contributed by atoms with Gasteiger partial charge in [0.2, 0.25) is 17.7 Å². The number of hydrogen-bond acceptors (Lipinski definition) is 8. The van der Waals surface area contributed by atoms with Crippen LogP contribution in [-0.2, 0) is 20.9 Å². The van der Waals surface area contributed by atoms with Crippen LogP contribution in [0.3, 0.4) is 0 Å². The lowest BCUT2D eigenvalue weighted by Crippen LogP contribution is -2.32. The molecule has 1 N–H and O–H groups in total. The fourth-order valence-electron chi connectivity index (χ4n) is 4.89. The van der Waals surface area contributed by atoms with Crippen LogP contribution in [0.1, 0.15) is 16.6 Å². The number of furan rings is 1. The minimum atomic E-state index is -0.866. The molecule has 0 aliphatic carbocycles. The first-order valence-electron chi connectivity index (χ1n) is 11.9. The minimum absolute atomic E-state index is 0.263. The lowest BCUT2D eigenvalue weighted by Gasteiger charge is -2.29. The van der Waals surface area contributed by atoms with Gasteiger partial charge >= 0.3 is 4.87 Å². The Bertz CT molecular complexity index is 1630. The number of carbonyl (C=O) groups is 3. The number of anilines is 2. The van der Waals surface area contributed by atoms with Crippen LogP contribution < -0.4 is 19.8 Å². The minimum Gasteiger partial charge on any atom is -0.497 e. The van der Waals surface area contributed by atoms with Gasteiger partial charge in [-0.1, -0.05) is 23.1 Å². The van der Waals surface area contributed by atoms with Crippen LogP contribution in [0.15, 0.2) is 81.2 Å². The van der Waals surface area contributed by atoms with Gasteiger partial charge in [-0.3, -0.25) is 23.7 Å². The Morgan fingerprint density at radius 3 is 2.46 bits per heavy atom. The molecular weight excluding hydrogens is 545 g/mol. The molecule has 3 amide bonds. The molecule has 0 spiro atoms. The fraction of sp³-hybridized carbons (Fsp3) is 0.185. The van der Waals surface area contributed by atoms with E-state index in [1.165, 1.54) is 35.1 Å². The van der Waals surface area contributed by atoms with Gasteiger partial charge in [0.1, 0.15) is 29.1 Å². The number of thioether (sulfide) groups is 1. The van der Waals surface area contributed by atoms with E-state index >= 15 is 0 Å². The van der Waals surface area contributed by atoms with E-state index in [1.807, 2.05) is 0 Å². The fourth-order valence-corrected chi connectivity index (χ4v) is 7.65. The molecule has 3 atom stereocenters. The second-order valence-electron chi connectivity index (χ2n) is 8.95. The van der Waals surface area contributed by atoms with Crippen LogP contribution in [-0.4, -0.2) is 34.6 Å². The molecule has 6 rings (SSSR count). The monoisotopic (exact) mass is 565 g/mol. The summed E-state index contributed by atoms with van der Waals surface area (Å²) in [7, 11) is 1.54. The molecule has 0 bridgehead atoms. The zero-order chi connectivity index (χ0) is 27.3. The standard InChI is InChI=1S/C27H20FN3O6S2/c1-36-17-10-6-15(7-11-17)29-19(32)13-30-26-23(39-27(30)35)20(18-3-2-12-37-18)21-22(38-26)25(34)31(24(21)33)16-8-4-14(28)5-9-16/h2-12,20-22H,13H2,1H3,(H,29,32). The van der Waals surface area contributed by atoms with Gasteiger partial charge in [0.25, 0.3) is 0 Å². The molecule has 2 aliphatic heterocycles. The Balaban J connectivity index is 1.35. The van der Waals surface area contributed by atoms with Gasteiger partial charge in [-0.25, -0.2) is 9.29 Å². The first-order valence-corrected chi connectivity index (χ1v) is 13.6. The first-order chi connectivity index (χ1) is 18.9. The summed E-state index contributed by atoms with van der Waals surface area (Å²) in [5.74, 6) is -2.32. The molecule has 1 fully saturated rings. The van der Waals surface area contributed by atoms with Crippen LogP contribution in [0, 0.1) is 11.7 Å². The van der Waals surface area contributed by atoms with Crippen molar-refractivity contribution in [2.75, 3.05) is 17.3 Å². The number of amides is 3. The van der Waals surface area contributed by atoms with Crippen molar-refractivity contribution >= 4 is 52.2 Å². The maximum absolute atomic E-state index is 13.7. The summed E-state index contributed by atoms with van der Waals surface area (Å²) >= 11 is 2.02. The lowest BCUT2D eigenvalue weighted by atomic mass is 9.87. The number of nitrogens with zero attached hydrogens (tertiary/aromatic N) is 2. The Labute approximate surface area is 229 Å². The summed E-state index contributed by atoms with van der Waals surface area (Å²) in [6, 6.07) is 15.3. The number of aromatic nitrogens is 1. The summed E-state index contributed by atoms with van der Waals surface area (Å²) in [6.45, 7) is -0.282. The topological polar surface area (TPSA) is 111 Å². The van der Waals surface area contributed by atoms with Crippen molar-refractivity contribution in [3.05, 3.63) is 93.0 Å². The molecular formula is C27H20FN3O6S2. The van der Waals surface area contributed by atoms with Gasteiger partial charge in [0.15, 0.2) is 0 Å². The van der Waals surface area contributed by atoms with E-state index in [9.17, 15) is 23.6 Å². The number of carbonyl (C=O) groups excluding carboxylic acids is 3. The van der Waals surface area contributed by atoms with E-state index < -0.39 is 40.6 Å². The molecule has 2 aromatic carbocycles. The largest absolute Gasteiger partial charge is 0.497 e. The maximum Gasteiger partial charge on any atom is 0.308 e. The molecule has 2 aromatic heterocycles. The van der Waals surface area contributed by atoms with Crippen molar-refractivity contribution in [2.24, 2.45) is 5.92 Å². The van der Waals surface area contributed by atoms with Crippen molar-refractivity contribution in [1.82, 2.24) is 4.57 Å².